The Balaban J connectivity index is 1.42. The quantitative estimate of drug-likeness (QED) is 0.375. The van der Waals surface area contributed by atoms with Crippen LogP contribution < -0.4 is 4.74 Å². The maximum absolute atomic E-state index is 11.9. The van der Waals surface area contributed by atoms with Gasteiger partial charge in [-0.2, -0.15) is 0 Å². The molecule has 2 aromatic heterocycles. The Kier molecular flexibility index (Phi) is 4.41. The van der Waals surface area contributed by atoms with E-state index in [9.17, 15) is 4.79 Å². The van der Waals surface area contributed by atoms with E-state index in [2.05, 4.69) is 4.98 Å². The summed E-state index contributed by atoms with van der Waals surface area (Å²) in [5.74, 6) is 0.763. The van der Waals surface area contributed by atoms with Crippen molar-refractivity contribution in [3.05, 3.63) is 65.4 Å². The average molecular weight is 365 g/mol. The molecule has 0 aliphatic rings. The summed E-state index contributed by atoms with van der Waals surface area (Å²) >= 11 is 1.52. The first-order valence-corrected chi connectivity index (χ1v) is 8.80. The van der Waals surface area contributed by atoms with Crippen molar-refractivity contribution in [3.63, 3.8) is 0 Å². The second-order valence-corrected chi connectivity index (χ2v) is 6.66. The molecule has 0 spiro atoms. The van der Waals surface area contributed by atoms with E-state index in [4.69, 9.17) is 13.9 Å². The Hall–Kier alpha value is -3.12. The predicted molar refractivity (Wildman–Crippen MR) is 101 cm³/mol. The van der Waals surface area contributed by atoms with Gasteiger partial charge in [-0.3, -0.25) is 0 Å². The standard InChI is InChI=1S/C20H15NO4S/c1-23-16-7-4-5-13-11-14(25-20(13)16)9-10-19(22)24-12-18-21-15-6-2-3-8-17(15)26-18/h2-11H,12H2,1H3/b10-9+. The van der Waals surface area contributed by atoms with Crippen molar-refractivity contribution in [2.75, 3.05) is 7.11 Å². The van der Waals surface area contributed by atoms with Crippen molar-refractivity contribution >= 4 is 44.6 Å². The van der Waals surface area contributed by atoms with E-state index in [0.29, 0.717) is 17.1 Å². The predicted octanol–water partition coefficient (Wildman–Crippen LogP) is 4.81. The lowest BCUT2D eigenvalue weighted by Crippen LogP contribution is -2.00. The summed E-state index contributed by atoms with van der Waals surface area (Å²) in [6.45, 7) is 0.149. The SMILES string of the molecule is COc1cccc2cc(/C=C/C(=O)OCc3nc4ccccc4s3)oc12. The van der Waals surface area contributed by atoms with Gasteiger partial charge in [0.15, 0.2) is 11.3 Å². The topological polar surface area (TPSA) is 61.6 Å². The smallest absolute Gasteiger partial charge is 0.331 e. The molecule has 0 bridgehead atoms. The normalized spacial score (nSPS) is 11.4. The summed E-state index contributed by atoms with van der Waals surface area (Å²) in [7, 11) is 1.59. The molecule has 0 N–H and O–H groups in total. The summed E-state index contributed by atoms with van der Waals surface area (Å²) in [5, 5.41) is 1.67. The zero-order chi connectivity index (χ0) is 17.9. The van der Waals surface area contributed by atoms with Crippen LogP contribution in [0.3, 0.4) is 0 Å². The highest BCUT2D eigenvalue weighted by Crippen LogP contribution is 2.29. The zero-order valence-electron chi connectivity index (χ0n) is 14.0. The third kappa shape index (κ3) is 3.32. The van der Waals surface area contributed by atoms with E-state index >= 15 is 0 Å². The number of hydrogen-bond donors (Lipinski definition) is 0. The lowest BCUT2D eigenvalue weighted by molar-refractivity contribution is -0.138. The minimum Gasteiger partial charge on any atom is -0.493 e. The molecule has 4 rings (SSSR count). The Bertz CT molecular complexity index is 1080. The first-order chi connectivity index (χ1) is 12.7. The van der Waals surface area contributed by atoms with Crippen LogP contribution >= 0.6 is 11.3 Å². The van der Waals surface area contributed by atoms with Gasteiger partial charge in [0.25, 0.3) is 0 Å². The number of benzene rings is 2. The van der Waals surface area contributed by atoms with E-state index < -0.39 is 5.97 Å². The van der Waals surface area contributed by atoms with Crippen LogP contribution in [0, 0.1) is 0 Å². The maximum atomic E-state index is 11.9. The monoisotopic (exact) mass is 365 g/mol. The number of nitrogens with zero attached hydrogens (tertiary/aromatic N) is 1. The van der Waals surface area contributed by atoms with E-state index in [1.807, 2.05) is 48.5 Å². The summed E-state index contributed by atoms with van der Waals surface area (Å²) < 4.78 is 17.3. The van der Waals surface area contributed by atoms with E-state index in [1.165, 1.54) is 17.4 Å². The molecule has 0 unspecified atom stereocenters. The molecule has 0 aliphatic carbocycles. The molecule has 0 amide bonds. The first kappa shape index (κ1) is 16.4. The van der Waals surface area contributed by atoms with Crippen LogP contribution in [0.1, 0.15) is 10.8 Å². The number of carbonyl (C=O) groups excluding carboxylic acids is 1. The first-order valence-electron chi connectivity index (χ1n) is 7.99. The van der Waals surface area contributed by atoms with Crippen LogP contribution in [0.4, 0.5) is 0 Å². The molecule has 0 atom stereocenters. The molecule has 2 aromatic carbocycles. The molecule has 0 saturated heterocycles. The molecule has 6 heteroatoms. The van der Waals surface area contributed by atoms with Gasteiger partial charge in [-0.15, -0.1) is 11.3 Å². The highest BCUT2D eigenvalue weighted by molar-refractivity contribution is 7.18. The molecule has 26 heavy (non-hydrogen) atoms. The second kappa shape index (κ2) is 7.01. The van der Waals surface area contributed by atoms with Crippen molar-refractivity contribution in [2.45, 2.75) is 6.61 Å². The van der Waals surface area contributed by atoms with Gasteiger partial charge in [0.05, 0.1) is 17.3 Å². The van der Waals surface area contributed by atoms with Crippen LogP contribution in [-0.2, 0) is 16.1 Å². The van der Waals surface area contributed by atoms with Gasteiger partial charge in [-0.25, -0.2) is 9.78 Å². The van der Waals surface area contributed by atoms with Gasteiger partial charge in [-0.1, -0.05) is 24.3 Å². The Labute approximate surface area is 153 Å². The van der Waals surface area contributed by atoms with Gasteiger partial charge in [0, 0.05) is 11.5 Å². The highest BCUT2D eigenvalue weighted by Gasteiger charge is 2.08. The Morgan fingerprint density at radius 1 is 1.23 bits per heavy atom. The van der Waals surface area contributed by atoms with Gasteiger partial charge in [0.2, 0.25) is 0 Å². The molecule has 0 fully saturated rings. The number of thiazole rings is 1. The summed E-state index contributed by atoms with van der Waals surface area (Å²) in [4.78, 5) is 16.4. The number of fused-ring (bicyclic) bond motifs is 2. The third-order valence-corrected chi connectivity index (χ3v) is 4.82. The van der Waals surface area contributed by atoms with Crippen molar-refractivity contribution in [3.8, 4) is 5.75 Å². The van der Waals surface area contributed by atoms with Crippen LogP contribution in [-0.4, -0.2) is 18.1 Å². The van der Waals surface area contributed by atoms with E-state index in [1.54, 1.807) is 13.2 Å². The van der Waals surface area contributed by atoms with E-state index in [0.717, 1.165) is 20.6 Å². The number of hydrogen-bond acceptors (Lipinski definition) is 6. The Morgan fingerprint density at radius 2 is 2.12 bits per heavy atom. The second-order valence-electron chi connectivity index (χ2n) is 5.54. The van der Waals surface area contributed by atoms with Crippen LogP contribution in [0.25, 0.3) is 27.3 Å². The summed E-state index contributed by atoms with van der Waals surface area (Å²) in [6.07, 6.45) is 2.93. The van der Waals surface area contributed by atoms with Crippen LogP contribution in [0.15, 0.2) is 59.0 Å². The van der Waals surface area contributed by atoms with Crippen molar-refractivity contribution in [2.24, 2.45) is 0 Å². The van der Waals surface area contributed by atoms with E-state index in [-0.39, 0.29) is 6.61 Å². The molecule has 5 nitrogen and oxygen atoms in total. The molecule has 130 valence electrons. The summed E-state index contributed by atoms with van der Waals surface area (Å²) in [6, 6.07) is 15.3. The molecule has 0 aliphatic heterocycles. The molecular formula is C20H15NO4S. The number of ether oxygens (including phenoxy) is 2. The fraction of sp³-hybridized carbons (Fsp3) is 0.100. The van der Waals surface area contributed by atoms with Gasteiger partial charge in [-0.05, 0) is 30.3 Å². The minimum atomic E-state index is -0.448. The van der Waals surface area contributed by atoms with Gasteiger partial charge in [0.1, 0.15) is 17.4 Å². The van der Waals surface area contributed by atoms with Gasteiger partial charge < -0.3 is 13.9 Å². The number of furan rings is 1. The number of methoxy groups -OCH3 is 1. The molecular weight excluding hydrogens is 350 g/mol. The largest absolute Gasteiger partial charge is 0.493 e. The van der Waals surface area contributed by atoms with Crippen molar-refractivity contribution in [1.82, 2.24) is 4.98 Å². The van der Waals surface area contributed by atoms with Gasteiger partial charge >= 0.3 is 5.97 Å². The third-order valence-electron chi connectivity index (χ3n) is 3.81. The van der Waals surface area contributed by atoms with Crippen LogP contribution in [0.2, 0.25) is 0 Å². The molecule has 0 radical (unpaired) electrons. The fourth-order valence-corrected chi connectivity index (χ4v) is 3.49. The lowest BCUT2D eigenvalue weighted by Gasteiger charge is -1.98. The van der Waals surface area contributed by atoms with Crippen LogP contribution in [0.5, 0.6) is 5.75 Å². The molecule has 4 aromatic rings. The molecule has 0 saturated carbocycles. The number of aromatic nitrogens is 1. The zero-order valence-corrected chi connectivity index (χ0v) is 14.8. The number of rotatable bonds is 5. The van der Waals surface area contributed by atoms with Crippen molar-refractivity contribution in [1.29, 1.82) is 0 Å². The number of carbonyl (C=O) groups is 1. The highest BCUT2D eigenvalue weighted by atomic mass is 32.1. The molecule has 2 heterocycles. The lowest BCUT2D eigenvalue weighted by atomic mass is 10.2. The summed E-state index contributed by atoms with van der Waals surface area (Å²) in [5.41, 5.74) is 1.56. The number of esters is 1. The maximum Gasteiger partial charge on any atom is 0.331 e. The average Bonchev–Trinajstić information content (AvgIpc) is 3.27. The fourth-order valence-electron chi connectivity index (χ4n) is 2.61. The van der Waals surface area contributed by atoms with Crippen molar-refractivity contribution < 1.29 is 18.7 Å². The number of para-hydroxylation sites is 2. The Morgan fingerprint density at radius 3 is 2.96 bits per heavy atom. The minimum absolute atomic E-state index is 0.149.